The van der Waals surface area contributed by atoms with Crippen LogP contribution in [0, 0.1) is 0 Å². The van der Waals surface area contributed by atoms with Gasteiger partial charge < -0.3 is 9.47 Å². The molecule has 1 amide bonds. The number of nitrogens with zero attached hydrogens (tertiary/aromatic N) is 3. The molecule has 0 aromatic carbocycles. The fourth-order valence-electron chi connectivity index (χ4n) is 3.12. The van der Waals surface area contributed by atoms with Crippen LogP contribution >= 0.6 is 0 Å². The largest absolute Gasteiger partial charge is 0.347 e. The van der Waals surface area contributed by atoms with Crippen molar-refractivity contribution in [1.29, 1.82) is 0 Å². The third kappa shape index (κ3) is 3.03. The lowest BCUT2D eigenvalue weighted by atomic mass is 9.94. The fraction of sp³-hybridized carbons (Fsp3) is 0.467. The first-order valence-corrected chi connectivity index (χ1v) is 9.41. The summed E-state index contributed by atoms with van der Waals surface area (Å²) in [6, 6.07) is 3.63. The summed E-state index contributed by atoms with van der Waals surface area (Å²) in [4.78, 5) is 14.7. The highest BCUT2D eigenvalue weighted by Gasteiger charge is 2.30. The SMILES string of the molecule is Cn1cccc1C(=O)N1CCCC(c2[nH]ncc2S(C)(=O)=O)C1. The maximum atomic E-state index is 12.6. The summed E-state index contributed by atoms with van der Waals surface area (Å²) in [5, 5.41) is 6.70. The lowest BCUT2D eigenvalue weighted by Crippen LogP contribution is -2.40. The van der Waals surface area contributed by atoms with Gasteiger partial charge in [0.1, 0.15) is 10.6 Å². The maximum absolute atomic E-state index is 12.6. The molecule has 0 radical (unpaired) electrons. The number of H-pyrrole nitrogens is 1. The van der Waals surface area contributed by atoms with Crippen LogP contribution in [0.5, 0.6) is 0 Å². The van der Waals surface area contributed by atoms with E-state index in [0.29, 0.717) is 24.5 Å². The number of aryl methyl sites for hydroxylation is 1. The third-order valence-corrected chi connectivity index (χ3v) is 5.44. The molecule has 124 valence electrons. The number of carbonyl (C=O) groups excluding carboxylic acids is 1. The van der Waals surface area contributed by atoms with Gasteiger partial charge in [-0.2, -0.15) is 5.10 Å². The predicted molar refractivity (Wildman–Crippen MR) is 85.0 cm³/mol. The number of rotatable bonds is 3. The summed E-state index contributed by atoms with van der Waals surface area (Å²) in [5.74, 6) is -0.0668. The molecule has 2 aromatic rings. The van der Waals surface area contributed by atoms with Crippen LogP contribution in [0.1, 0.15) is 34.9 Å². The standard InChI is InChI=1S/C15H20N4O3S/c1-18-7-4-6-12(18)15(20)19-8-3-5-11(10-19)14-13(9-16-17-14)23(2,21)22/h4,6-7,9,11H,3,5,8,10H2,1-2H3,(H,16,17). The summed E-state index contributed by atoms with van der Waals surface area (Å²) in [6.45, 7) is 1.18. The molecule has 1 saturated heterocycles. The normalized spacial score (nSPS) is 19.0. The van der Waals surface area contributed by atoms with Crippen molar-refractivity contribution < 1.29 is 13.2 Å². The van der Waals surface area contributed by atoms with E-state index in [-0.39, 0.29) is 16.7 Å². The van der Waals surface area contributed by atoms with Crippen molar-refractivity contribution in [3.63, 3.8) is 0 Å². The van der Waals surface area contributed by atoms with E-state index in [1.807, 2.05) is 19.3 Å². The Bertz CT molecular complexity index is 821. The Balaban J connectivity index is 1.84. The van der Waals surface area contributed by atoms with Crippen LogP contribution in [0.25, 0.3) is 0 Å². The van der Waals surface area contributed by atoms with Gasteiger partial charge in [0.15, 0.2) is 9.84 Å². The van der Waals surface area contributed by atoms with Crippen molar-refractivity contribution in [2.45, 2.75) is 23.7 Å². The van der Waals surface area contributed by atoms with Gasteiger partial charge in [0, 0.05) is 38.5 Å². The molecule has 1 N–H and O–H groups in total. The van der Waals surface area contributed by atoms with E-state index in [9.17, 15) is 13.2 Å². The molecule has 2 aromatic heterocycles. The van der Waals surface area contributed by atoms with Gasteiger partial charge in [-0.3, -0.25) is 9.89 Å². The Hall–Kier alpha value is -2.09. The molecular formula is C15H20N4O3S. The number of aromatic amines is 1. The van der Waals surface area contributed by atoms with Crippen LogP contribution in [0.4, 0.5) is 0 Å². The molecule has 7 nitrogen and oxygen atoms in total. The minimum atomic E-state index is -3.33. The lowest BCUT2D eigenvalue weighted by molar-refractivity contribution is 0.0695. The molecule has 1 aliphatic heterocycles. The number of piperidine rings is 1. The number of hydrogen-bond acceptors (Lipinski definition) is 4. The molecule has 1 atom stereocenters. The Morgan fingerprint density at radius 2 is 2.22 bits per heavy atom. The van der Waals surface area contributed by atoms with Crippen molar-refractivity contribution in [2.24, 2.45) is 7.05 Å². The zero-order valence-corrected chi connectivity index (χ0v) is 14.0. The zero-order chi connectivity index (χ0) is 16.6. The fourth-order valence-corrected chi connectivity index (χ4v) is 3.97. The van der Waals surface area contributed by atoms with Crippen molar-refractivity contribution in [3.8, 4) is 0 Å². The van der Waals surface area contributed by atoms with Gasteiger partial charge >= 0.3 is 0 Å². The van der Waals surface area contributed by atoms with Gasteiger partial charge in [-0.15, -0.1) is 0 Å². The summed E-state index contributed by atoms with van der Waals surface area (Å²) in [6.07, 6.45) is 6.04. The van der Waals surface area contributed by atoms with Crippen LogP contribution in [0.3, 0.4) is 0 Å². The molecule has 0 bridgehead atoms. The van der Waals surface area contributed by atoms with E-state index in [1.54, 1.807) is 15.5 Å². The second-order valence-corrected chi connectivity index (χ2v) is 8.00. The first kappa shape index (κ1) is 15.8. The molecule has 3 rings (SSSR count). The molecule has 1 unspecified atom stereocenters. The number of likely N-dealkylation sites (tertiary alicyclic amines) is 1. The van der Waals surface area contributed by atoms with Gasteiger partial charge in [-0.1, -0.05) is 0 Å². The number of nitrogens with one attached hydrogen (secondary N) is 1. The molecule has 1 aliphatic rings. The molecule has 0 saturated carbocycles. The van der Waals surface area contributed by atoms with Gasteiger partial charge in [-0.05, 0) is 25.0 Å². The minimum absolute atomic E-state index is 0.0254. The van der Waals surface area contributed by atoms with Crippen molar-refractivity contribution in [1.82, 2.24) is 19.7 Å². The summed E-state index contributed by atoms with van der Waals surface area (Å²) >= 11 is 0. The van der Waals surface area contributed by atoms with E-state index < -0.39 is 9.84 Å². The second kappa shape index (κ2) is 5.84. The zero-order valence-electron chi connectivity index (χ0n) is 13.2. The van der Waals surface area contributed by atoms with Gasteiger partial charge in [0.05, 0.1) is 11.9 Å². The van der Waals surface area contributed by atoms with E-state index in [4.69, 9.17) is 0 Å². The average molecular weight is 336 g/mol. The first-order valence-electron chi connectivity index (χ1n) is 7.52. The highest BCUT2D eigenvalue weighted by Crippen LogP contribution is 2.30. The smallest absolute Gasteiger partial charge is 0.270 e. The number of carbonyl (C=O) groups is 1. The molecule has 1 fully saturated rings. The minimum Gasteiger partial charge on any atom is -0.347 e. The van der Waals surface area contributed by atoms with Gasteiger partial charge in [0.25, 0.3) is 5.91 Å². The maximum Gasteiger partial charge on any atom is 0.270 e. The quantitative estimate of drug-likeness (QED) is 0.911. The van der Waals surface area contributed by atoms with Crippen molar-refractivity contribution in [3.05, 3.63) is 35.9 Å². The molecule has 3 heterocycles. The van der Waals surface area contributed by atoms with E-state index >= 15 is 0 Å². The van der Waals surface area contributed by atoms with Gasteiger partial charge in [0.2, 0.25) is 0 Å². The summed E-state index contributed by atoms with van der Waals surface area (Å²) < 4.78 is 25.5. The highest BCUT2D eigenvalue weighted by atomic mass is 32.2. The number of hydrogen-bond donors (Lipinski definition) is 1. The first-order chi connectivity index (χ1) is 10.9. The number of sulfone groups is 1. The van der Waals surface area contributed by atoms with Gasteiger partial charge in [-0.25, -0.2) is 8.42 Å². The molecule has 23 heavy (non-hydrogen) atoms. The monoisotopic (exact) mass is 336 g/mol. The van der Waals surface area contributed by atoms with Crippen LogP contribution in [0.15, 0.2) is 29.4 Å². The number of aromatic nitrogens is 3. The van der Waals surface area contributed by atoms with E-state index in [0.717, 1.165) is 12.8 Å². The van der Waals surface area contributed by atoms with Crippen LogP contribution in [0.2, 0.25) is 0 Å². The Kier molecular flexibility index (Phi) is 4.01. The molecule has 0 spiro atoms. The topological polar surface area (TPSA) is 88.1 Å². The highest BCUT2D eigenvalue weighted by molar-refractivity contribution is 7.90. The van der Waals surface area contributed by atoms with Crippen LogP contribution in [-0.2, 0) is 16.9 Å². The molecule has 8 heteroatoms. The van der Waals surface area contributed by atoms with Crippen molar-refractivity contribution >= 4 is 15.7 Å². The molecular weight excluding hydrogens is 316 g/mol. The van der Waals surface area contributed by atoms with E-state index in [2.05, 4.69) is 10.2 Å². The Labute approximate surface area is 135 Å². The Morgan fingerprint density at radius 3 is 2.87 bits per heavy atom. The summed E-state index contributed by atoms with van der Waals surface area (Å²) in [7, 11) is -1.49. The average Bonchev–Trinajstić information content (AvgIpc) is 3.15. The van der Waals surface area contributed by atoms with E-state index in [1.165, 1.54) is 12.5 Å². The van der Waals surface area contributed by atoms with Crippen LogP contribution < -0.4 is 0 Å². The summed E-state index contributed by atoms with van der Waals surface area (Å²) in [5.41, 5.74) is 1.25. The number of amides is 1. The Morgan fingerprint density at radius 1 is 1.43 bits per heavy atom. The van der Waals surface area contributed by atoms with Crippen LogP contribution in [-0.4, -0.2) is 53.3 Å². The lowest BCUT2D eigenvalue weighted by Gasteiger charge is -2.32. The third-order valence-electron chi connectivity index (χ3n) is 4.31. The molecule has 0 aliphatic carbocycles. The van der Waals surface area contributed by atoms with Crippen molar-refractivity contribution in [2.75, 3.05) is 19.3 Å². The second-order valence-electron chi connectivity index (χ2n) is 6.01. The predicted octanol–water partition coefficient (Wildman–Crippen LogP) is 1.17.